The number of halogens is 2. The summed E-state index contributed by atoms with van der Waals surface area (Å²) in [4.78, 5) is 27.4. The second kappa shape index (κ2) is 10.7. The van der Waals surface area contributed by atoms with Gasteiger partial charge in [0, 0.05) is 37.8 Å². The number of nitrogens with zero attached hydrogens (tertiary/aromatic N) is 3. The van der Waals surface area contributed by atoms with Crippen molar-refractivity contribution in [1.29, 1.82) is 0 Å². The first-order valence-electron chi connectivity index (χ1n) is 10.1. The molecule has 170 valence electrons. The summed E-state index contributed by atoms with van der Waals surface area (Å²) in [6.45, 7) is 3.75. The van der Waals surface area contributed by atoms with Gasteiger partial charge in [0.15, 0.2) is 0 Å². The maximum Gasteiger partial charge on any atom is 0.272 e. The molecule has 32 heavy (non-hydrogen) atoms. The highest BCUT2D eigenvalue weighted by Crippen LogP contribution is 2.21. The summed E-state index contributed by atoms with van der Waals surface area (Å²) in [5.74, 6) is 0.0809. The summed E-state index contributed by atoms with van der Waals surface area (Å²) < 4.78 is 31.6. The Kier molecular flexibility index (Phi) is 7.69. The number of carbonyl (C=O) groups excluding carboxylic acids is 2. The molecule has 2 N–H and O–H groups in total. The third kappa shape index (κ3) is 6.47. The Morgan fingerprint density at radius 1 is 1.19 bits per heavy atom. The van der Waals surface area contributed by atoms with Gasteiger partial charge in [-0.2, -0.15) is 5.10 Å². The molecule has 2 amide bonds. The number of nitrogens with one attached hydrogen (secondary N) is 2. The number of aryl methyl sites for hydroxylation is 1. The third-order valence-corrected chi connectivity index (χ3v) is 4.66. The second-order valence-electron chi connectivity index (χ2n) is 7.33. The smallest absolute Gasteiger partial charge is 0.272 e. The van der Waals surface area contributed by atoms with Crippen molar-refractivity contribution in [1.82, 2.24) is 25.4 Å². The lowest BCUT2D eigenvalue weighted by Gasteiger charge is -2.10. The first kappa shape index (κ1) is 23.1. The van der Waals surface area contributed by atoms with Gasteiger partial charge in [0.05, 0.1) is 24.2 Å². The van der Waals surface area contributed by atoms with Crippen LogP contribution < -0.4 is 15.4 Å². The molecule has 0 spiro atoms. The molecule has 0 bridgehead atoms. The number of pyridine rings is 1. The highest BCUT2D eigenvalue weighted by atomic mass is 19.3. The second-order valence-corrected chi connectivity index (χ2v) is 7.33. The fourth-order valence-corrected chi connectivity index (χ4v) is 3.24. The van der Waals surface area contributed by atoms with Gasteiger partial charge >= 0.3 is 0 Å². The van der Waals surface area contributed by atoms with Crippen LogP contribution in [0.4, 0.5) is 8.78 Å². The van der Waals surface area contributed by atoms with Crippen LogP contribution >= 0.6 is 0 Å². The quantitative estimate of drug-likeness (QED) is 0.467. The van der Waals surface area contributed by atoms with Crippen molar-refractivity contribution in [3.63, 3.8) is 0 Å². The van der Waals surface area contributed by atoms with Gasteiger partial charge in [-0.05, 0) is 30.2 Å². The van der Waals surface area contributed by atoms with E-state index < -0.39 is 13.0 Å². The molecule has 0 aliphatic heterocycles. The van der Waals surface area contributed by atoms with E-state index in [1.165, 1.54) is 6.92 Å². The maximum atomic E-state index is 12.4. The van der Waals surface area contributed by atoms with Gasteiger partial charge in [-0.1, -0.05) is 12.1 Å². The highest BCUT2D eigenvalue weighted by Gasteiger charge is 2.12. The minimum Gasteiger partial charge on any atom is -0.487 e. The Morgan fingerprint density at radius 2 is 1.97 bits per heavy atom. The molecule has 2 heterocycles. The van der Waals surface area contributed by atoms with Crippen molar-refractivity contribution in [2.24, 2.45) is 0 Å². The molecular formula is C22H25F2N5O3. The zero-order valence-corrected chi connectivity index (χ0v) is 17.9. The van der Waals surface area contributed by atoms with Crippen molar-refractivity contribution >= 4 is 22.7 Å². The number of carbonyl (C=O) groups is 2. The Labute approximate surface area is 184 Å². The highest BCUT2D eigenvalue weighted by molar-refractivity contribution is 5.86. The van der Waals surface area contributed by atoms with Gasteiger partial charge in [0.2, 0.25) is 11.8 Å². The molecule has 8 nitrogen and oxygen atoms in total. The lowest BCUT2D eigenvalue weighted by molar-refractivity contribution is -0.121. The first-order chi connectivity index (χ1) is 15.3. The van der Waals surface area contributed by atoms with Crippen LogP contribution in [0.15, 0.2) is 36.7 Å². The number of amides is 2. The summed E-state index contributed by atoms with van der Waals surface area (Å²) in [5.41, 5.74) is 3.02. The standard InChI is InChI=1S/C22H25F2N5O3/c1-14-9-16(3-4-20(14)32-13-21(23)24)11-29-12-17-18(28-29)5-6-26-19(17)10-22(31)27-8-7-25-15(2)30/h3-6,9,12,21H,7-8,10-11,13H2,1-2H3,(H,25,30)(H,27,31). The van der Waals surface area contributed by atoms with Crippen LogP contribution in [-0.2, 0) is 22.6 Å². The van der Waals surface area contributed by atoms with E-state index in [1.807, 2.05) is 18.3 Å². The van der Waals surface area contributed by atoms with Crippen LogP contribution in [0, 0.1) is 6.92 Å². The van der Waals surface area contributed by atoms with Crippen molar-refractivity contribution in [3.8, 4) is 5.75 Å². The predicted octanol–water partition coefficient (Wildman–Crippen LogP) is 2.23. The number of hydrogen-bond acceptors (Lipinski definition) is 5. The maximum absolute atomic E-state index is 12.4. The number of hydrogen-bond donors (Lipinski definition) is 2. The van der Waals surface area contributed by atoms with E-state index in [4.69, 9.17) is 4.74 Å². The molecule has 1 aromatic carbocycles. The van der Waals surface area contributed by atoms with Gasteiger partial charge in [-0.3, -0.25) is 19.3 Å². The van der Waals surface area contributed by atoms with Crippen molar-refractivity contribution in [3.05, 3.63) is 53.5 Å². The molecule has 0 radical (unpaired) electrons. The minimum absolute atomic E-state index is 0.0956. The number of fused-ring (bicyclic) bond motifs is 1. The van der Waals surface area contributed by atoms with Crippen LogP contribution in [0.5, 0.6) is 5.75 Å². The zero-order chi connectivity index (χ0) is 23.1. The van der Waals surface area contributed by atoms with E-state index in [0.29, 0.717) is 31.1 Å². The normalized spacial score (nSPS) is 11.0. The Hall–Kier alpha value is -3.56. The first-order valence-corrected chi connectivity index (χ1v) is 10.1. The number of aromatic nitrogens is 3. The van der Waals surface area contributed by atoms with Gasteiger partial charge in [0.25, 0.3) is 6.43 Å². The van der Waals surface area contributed by atoms with Crippen LogP contribution in [0.3, 0.4) is 0 Å². The molecule has 2 aromatic heterocycles. The summed E-state index contributed by atoms with van der Waals surface area (Å²) in [7, 11) is 0. The van der Waals surface area contributed by atoms with E-state index in [0.717, 1.165) is 22.0 Å². The summed E-state index contributed by atoms with van der Waals surface area (Å²) in [6, 6.07) is 7.13. The largest absolute Gasteiger partial charge is 0.487 e. The molecule has 0 atom stereocenters. The van der Waals surface area contributed by atoms with Crippen LogP contribution in [-0.4, -0.2) is 52.7 Å². The van der Waals surface area contributed by atoms with Crippen LogP contribution in [0.1, 0.15) is 23.7 Å². The van der Waals surface area contributed by atoms with Crippen molar-refractivity contribution < 1.29 is 23.1 Å². The van der Waals surface area contributed by atoms with E-state index >= 15 is 0 Å². The lowest BCUT2D eigenvalue weighted by atomic mass is 10.1. The monoisotopic (exact) mass is 445 g/mol. The lowest BCUT2D eigenvalue weighted by Crippen LogP contribution is -2.34. The Morgan fingerprint density at radius 3 is 2.69 bits per heavy atom. The van der Waals surface area contributed by atoms with E-state index in [-0.39, 0.29) is 18.2 Å². The minimum atomic E-state index is -2.52. The fourth-order valence-electron chi connectivity index (χ4n) is 3.24. The molecule has 10 heteroatoms. The van der Waals surface area contributed by atoms with Crippen LogP contribution in [0.25, 0.3) is 10.9 Å². The molecule has 0 aliphatic carbocycles. The molecule has 0 fully saturated rings. The van der Waals surface area contributed by atoms with E-state index in [1.54, 1.807) is 29.9 Å². The Balaban J connectivity index is 1.66. The predicted molar refractivity (Wildman–Crippen MR) is 115 cm³/mol. The van der Waals surface area contributed by atoms with Gasteiger partial charge in [-0.25, -0.2) is 8.78 Å². The third-order valence-electron chi connectivity index (χ3n) is 4.66. The number of alkyl halides is 2. The average molecular weight is 445 g/mol. The van der Waals surface area contributed by atoms with Crippen LogP contribution in [0.2, 0.25) is 0 Å². The molecule has 3 aromatic rings. The van der Waals surface area contributed by atoms with Crippen molar-refractivity contribution in [2.75, 3.05) is 19.7 Å². The van der Waals surface area contributed by atoms with Gasteiger partial charge in [-0.15, -0.1) is 0 Å². The van der Waals surface area contributed by atoms with Crippen molar-refractivity contribution in [2.45, 2.75) is 33.2 Å². The summed E-state index contributed by atoms with van der Waals surface area (Å²) in [5, 5.41) is 10.7. The molecule has 0 saturated carbocycles. The molecule has 0 saturated heterocycles. The molecule has 3 rings (SSSR count). The van der Waals surface area contributed by atoms with E-state index in [2.05, 4.69) is 20.7 Å². The molecule has 0 unspecified atom stereocenters. The summed E-state index contributed by atoms with van der Waals surface area (Å²) >= 11 is 0. The van der Waals surface area contributed by atoms with Gasteiger partial charge in [0.1, 0.15) is 12.4 Å². The molecule has 0 aliphatic rings. The number of rotatable bonds is 10. The molecular weight excluding hydrogens is 420 g/mol. The van der Waals surface area contributed by atoms with E-state index in [9.17, 15) is 18.4 Å². The number of benzene rings is 1. The number of ether oxygens (including phenoxy) is 1. The zero-order valence-electron chi connectivity index (χ0n) is 17.9. The fraction of sp³-hybridized carbons (Fsp3) is 0.364. The SMILES string of the molecule is CC(=O)NCCNC(=O)Cc1nccc2nn(Cc3ccc(OCC(F)F)c(C)c3)cc12. The summed E-state index contributed by atoms with van der Waals surface area (Å²) in [6.07, 6.45) is 1.02. The average Bonchev–Trinajstić information content (AvgIpc) is 3.14. The Bertz CT molecular complexity index is 1100. The topological polar surface area (TPSA) is 98.1 Å². The van der Waals surface area contributed by atoms with Gasteiger partial charge < -0.3 is 15.4 Å².